The van der Waals surface area contributed by atoms with Crippen LogP contribution in [0.5, 0.6) is 0 Å². The standard InChI is InChI=1S/C8H20OSi/c1-6-7-10(5)9-8(2,3)4/h10H,6-7H2,1-5H3. The molecule has 0 spiro atoms. The summed E-state index contributed by atoms with van der Waals surface area (Å²) in [6, 6.07) is 1.30. The van der Waals surface area contributed by atoms with Crippen LogP contribution in [0, 0.1) is 0 Å². The van der Waals surface area contributed by atoms with E-state index in [9.17, 15) is 0 Å². The molecule has 0 saturated carbocycles. The number of hydrogen-bond donors (Lipinski definition) is 0. The second-order valence-corrected chi connectivity index (χ2v) is 6.26. The van der Waals surface area contributed by atoms with Crippen molar-refractivity contribution in [3.05, 3.63) is 0 Å². The molecule has 0 saturated heterocycles. The van der Waals surface area contributed by atoms with Crippen molar-refractivity contribution < 1.29 is 4.43 Å². The molecule has 62 valence electrons. The zero-order chi connectivity index (χ0) is 8.20. The lowest BCUT2D eigenvalue weighted by atomic mass is 10.2. The van der Waals surface area contributed by atoms with Gasteiger partial charge < -0.3 is 4.43 Å². The molecule has 0 fully saturated rings. The summed E-state index contributed by atoms with van der Waals surface area (Å²) in [5, 5.41) is 0. The van der Waals surface area contributed by atoms with Crippen molar-refractivity contribution in [1.29, 1.82) is 0 Å². The molecule has 0 aromatic carbocycles. The molecule has 0 amide bonds. The average Bonchev–Trinajstić information content (AvgIpc) is 1.59. The number of hydrogen-bond acceptors (Lipinski definition) is 1. The van der Waals surface area contributed by atoms with Crippen molar-refractivity contribution in [2.75, 3.05) is 0 Å². The van der Waals surface area contributed by atoms with Crippen LogP contribution in [0.25, 0.3) is 0 Å². The maximum Gasteiger partial charge on any atom is 0.174 e. The summed E-state index contributed by atoms with van der Waals surface area (Å²) in [5.41, 5.74) is 0.0841. The van der Waals surface area contributed by atoms with Gasteiger partial charge in [0.15, 0.2) is 9.04 Å². The van der Waals surface area contributed by atoms with E-state index in [0.29, 0.717) is 0 Å². The maximum absolute atomic E-state index is 5.82. The fourth-order valence-corrected chi connectivity index (χ4v) is 3.21. The van der Waals surface area contributed by atoms with E-state index in [1.165, 1.54) is 12.5 Å². The van der Waals surface area contributed by atoms with Crippen LogP contribution in [-0.2, 0) is 4.43 Å². The van der Waals surface area contributed by atoms with Crippen molar-refractivity contribution >= 4 is 9.04 Å². The van der Waals surface area contributed by atoms with Gasteiger partial charge >= 0.3 is 0 Å². The summed E-state index contributed by atoms with van der Waals surface area (Å²) in [6.07, 6.45) is 1.27. The van der Waals surface area contributed by atoms with Gasteiger partial charge in [-0.2, -0.15) is 0 Å². The molecule has 0 heterocycles. The van der Waals surface area contributed by atoms with E-state index >= 15 is 0 Å². The van der Waals surface area contributed by atoms with E-state index in [0.717, 1.165) is 0 Å². The van der Waals surface area contributed by atoms with E-state index in [4.69, 9.17) is 4.43 Å². The average molecular weight is 160 g/mol. The monoisotopic (exact) mass is 160 g/mol. The predicted molar refractivity (Wildman–Crippen MR) is 48.9 cm³/mol. The molecule has 0 N–H and O–H groups in total. The zero-order valence-electron chi connectivity index (χ0n) is 7.90. The van der Waals surface area contributed by atoms with E-state index < -0.39 is 9.04 Å². The second kappa shape index (κ2) is 4.14. The molecule has 1 atom stereocenters. The lowest BCUT2D eigenvalue weighted by Crippen LogP contribution is -2.28. The molecular formula is C8H20OSi. The first-order valence-corrected chi connectivity index (χ1v) is 6.58. The van der Waals surface area contributed by atoms with Crippen LogP contribution in [0.3, 0.4) is 0 Å². The van der Waals surface area contributed by atoms with Crippen molar-refractivity contribution in [1.82, 2.24) is 0 Å². The summed E-state index contributed by atoms with van der Waals surface area (Å²) in [5.74, 6) is 0. The van der Waals surface area contributed by atoms with Gasteiger partial charge in [-0.25, -0.2) is 0 Å². The Morgan fingerprint density at radius 3 is 2.10 bits per heavy atom. The molecule has 0 aliphatic heterocycles. The summed E-state index contributed by atoms with van der Waals surface area (Å²) >= 11 is 0. The number of rotatable bonds is 3. The fourth-order valence-electron chi connectivity index (χ4n) is 1.07. The fraction of sp³-hybridized carbons (Fsp3) is 1.00. The van der Waals surface area contributed by atoms with Gasteiger partial charge in [0.25, 0.3) is 0 Å². The van der Waals surface area contributed by atoms with Gasteiger partial charge in [-0.05, 0) is 33.4 Å². The van der Waals surface area contributed by atoms with E-state index in [1.807, 2.05) is 0 Å². The third kappa shape index (κ3) is 6.30. The van der Waals surface area contributed by atoms with Crippen molar-refractivity contribution in [3.8, 4) is 0 Å². The SMILES string of the molecule is CCC[SiH](C)OC(C)(C)C. The van der Waals surface area contributed by atoms with Gasteiger partial charge in [-0.15, -0.1) is 0 Å². The van der Waals surface area contributed by atoms with E-state index in [1.54, 1.807) is 0 Å². The van der Waals surface area contributed by atoms with Crippen LogP contribution in [0.4, 0.5) is 0 Å². The van der Waals surface area contributed by atoms with Crippen molar-refractivity contribution in [2.24, 2.45) is 0 Å². The molecule has 2 heteroatoms. The minimum Gasteiger partial charge on any atom is -0.416 e. The van der Waals surface area contributed by atoms with Gasteiger partial charge in [0.1, 0.15) is 0 Å². The van der Waals surface area contributed by atoms with E-state index in [2.05, 4.69) is 34.2 Å². The van der Waals surface area contributed by atoms with Crippen LogP contribution in [0.2, 0.25) is 12.6 Å². The molecule has 10 heavy (non-hydrogen) atoms. The Balaban J connectivity index is 3.47. The molecule has 1 nitrogen and oxygen atoms in total. The molecular weight excluding hydrogens is 140 g/mol. The zero-order valence-corrected chi connectivity index (χ0v) is 9.05. The molecule has 0 radical (unpaired) electrons. The first-order valence-electron chi connectivity index (χ1n) is 4.13. The largest absolute Gasteiger partial charge is 0.416 e. The normalized spacial score (nSPS) is 15.3. The minimum absolute atomic E-state index is 0.0841. The Kier molecular flexibility index (Phi) is 4.21. The highest BCUT2D eigenvalue weighted by atomic mass is 28.3. The quantitative estimate of drug-likeness (QED) is 0.577. The Hall–Kier alpha value is 0.177. The minimum atomic E-state index is -0.827. The highest BCUT2D eigenvalue weighted by molar-refractivity contribution is 6.50. The third-order valence-electron chi connectivity index (χ3n) is 1.25. The Bertz CT molecular complexity index is 85.7. The van der Waals surface area contributed by atoms with Crippen LogP contribution >= 0.6 is 0 Å². The summed E-state index contributed by atoms with van der Waals surface area (Å²) < 4.78 is 5.82. The summed E-state index contributed by atoms with van der Waals surface area (Å²) in [7, 11) is -0.827. The van der Waals surface area contributed by atoms with Gasteiger partial charge in [-0.1, -0.05) is 13.3 Å². The van der Waals surface area contributed by atoms with Gasteiger partial charge in [0, 0.05) is 5.60 Å². The molecule has 0 rings (SSSR count). The first kappa shape index (κ1) is 10.2. The third-order valence-corrected chi connectivity index (χ3v) is 3.75. The second-order valence-electron chi connectivity index (χ2n) is 3.83. The molecule has 0 aromatic rings. The van der Waals surface area contributed by atoms with Gasteiger partial charge in [-0.3, -0.25) is 0 Å². The Labute approximate surface area is 66.5 Å². The molecule has 0 aliphatic rings. The van der Waals surface area contributed by atoms with Crippen LogP contribution in [0.1, 0.15) is 34.1 Å². The lowest BCUT2D eigenvalue weighted by molar-refractivity contribution is 0.129. The Morgan fingerprint density at radius 2 is 1.80 bits per heavy atom. The topological polar surface area (TPSA) is 9.23 Å². The smallest absolute Gasteiger partial charge is 0.174 e. The van der Waals surface area contributed by atoms with Crippen molar-refractivity contribution in [2.45, 2.75) is 52.3 Å². The molecule has 1 unspecified atom stereocenters. The molecule has 0 bridgehead atoms. The van der Waals surface area contributed by atoms with Crippen LogP contribution in [-0.4, -0.2) is 14.6 Å². The van der Waals surface area contributed by atoms with Crippen LogP contribution in [0.15, 0.2) is 0 Å². The summed E-state index contributed by atoms with van der Waals surface area (Å²) in [6.45, 7) is 10.9. The summed E-state index contributed by atoms with van der Waals surface area (Å²) in [4.78, 5) is 0. The molecule has 0 aromatic heterocycles. The maximum atomic E-state index is 5.82. The highest BCUT2D eigenvalue weighted by Gasteiger charge is 2.14. The van der Waals surface area contributed by atoms with E-state index in [-0.39, 0.29) is 5.60 Å². The van der Waals surface area contributed by atoms with Gasteiger partial charge in [0.2, 0.25) is 0 Å². The van der Waals surface area contributed by atoms with Crippen LogP contribution < -0.4 is 0 Å². The highest BCUT2D eigenvalue weighted by Crippen LogP contribution is 2.11. The van der Waals surface area contributed by atoms with Gasteiger partial charge in [0.05, 0.1) is 0 Å². The predicted octanol–water partition coefficient (Wildman–Crippen LogP) is 2.57. The lowest BCUT2D eigenvalue weighted by Gasteiger charge is -2.24. The van der Waals surface area contributed by atoms with Crippen molar-refractivity contribution in [3.63, 3.8) is 0 Å². The molecule has 0 aliphatic carbocycles. The Morgan fingerprint density at radius 1 is 1.30 bits per heavy atom. The first-order chi connectivity index (χ1) is 4.45.